The third-order valence-electron chi connectivity index (χ3n) is 3.72. The van der Waals surface area contributed by atoms with Crippen molar-refractivity contribution >= 4 is 17.2 Å². The van der Waals surface area contributed by atoms with E-state index in [4.69, 9.17) is 0 Å². The minimum atomic E-state index is -0.0180. The number of allylic oxidation sites excluding steroid dienone is 1. The van der Waals surface area contributed by atoms with Crippen LogP contribution in [0, 0.1) is 6.92 Å². The monoisotopic (exact) mass is 313 g/mol. The van der Waals surface area contributed by atoms with E-state index in [0.29, 0.717) is 5.56 Å². The zero-order chi connectivity index (χ0) is 16.8. The lowest BCUT2D eigenvalue weighted by Gasteiger charge is -2.12. The number of carbonyl (C=O) groups excluding carboxylic acids is 1. The Balaban J connectivity index is 1.98. The molecule has 0 aliphatic heterocycles. The summed E-state index contributed by atoms with van der Waals surface area (Å²) < 4.78 is 0. The summed E-state index contributed by atoms with van der Waals surface area (Å²) in [6.45, 7) is 2.04. The van der Waals surface area contributed by atoms with Crippen LogP contribution >= 0.6 is 0 Å². The maximum atomic E-state index is 12.6. The molecular weight excluding hydrogens is 294 g/mol. The third-order valence-corrected chi connectivity index (χ3v) is 3.72. The number of aryl methyl sites for hydroxylation is 1. The van der Waals surface area contributed by atoms with Crippen molar-refractivity contribution in [1.82, 2.24) is 0 Å². The van der Waals surface area contributed by atoms with Gasteiger partial charge in [0.05, 0.1) is 0 Å². The summed E-state index contributed by atoms with van der Waals surface area (Å²) in [5, 5.41) is 3.36. The summed E-state index contributed by atoms with van der Waals surface area (Å²) in [6, 6.07) is 27.3. The Labute approximate surface area is 142 Å². The summed E-state index contributed by atoms with van der Waals surface area (Å²) in [5.41, 5.74) is 4.56. The Bertz CT molecular complexity index is 851. The molecule has 0 aliphatic carbocycles. The minimum absolute atomic E-state index is 0.0180. The predicted molar refractivity (Wildman–Crippen MR) is 100.0 cm³/mol. The molecule has 3 rings (SSSR count). The number of nitrogens with one attached hydrogen (secondary N) is 1. The average molecular weight is 313 g/mol. The van der Waals surface area contributed by atoms with Gasteiger partial charge in [-0.2, -0.15) is 0 Å². The number of hydrogen-bond acceptors (Lipinski definition) is 2. The highest BCUT2D eigenvalue weighted by Gasteiger charge is 2.08. The Morgan fingerprint density at radius 1 is 0.792 bits per heavy atom. The molecule has 2 nitrogen and oxygen atoms in total. The SMILES string of the molecule is Cc1cccc(/C(=C/C(=O)c2ccccc2)Nc2ccccc2)c1. The van der Waals surface area contributed by atoms with E-state index in [9.17, 15) is 4.79 Å². The van der Waals surface area contributed by atoms with E-state index in [-0.39, 0.29) is 5.78 Å². The Kier molecular flexibility index (Phi) is 4.87. The Morgan fingerprint density at radius 2 is 1.42 bits per heavy atom. The first kappa shape index (κ1) is 15.8. The highest BCUT2D eigenvalue weighted by atomic mass is 16.1. The molecule has 2 heteroatoms. The van der Waals surface area contributed by atoms with E-state index in [2.05, 4.69) is 11.4 Å². The van der Waals surface area contributed by atoms with Crippen LogP contribution in [0.3, 0.4) is 0 Å². The van der Waals surface area contributed by atoms with E-state index in [0.717, 1.165) is 22.5 Å². The number of anilines is 1. The van der Waals surface area contributed by atoms with E-state index < -0.39 is 0 Å². The summed E-state index contributed by atoms with van der Waals surface area (Å²) in [7, 11) is 0. The van der Waals surface area contributed by atoms with Gasteiger partial charge in [0.15, 0.2) is 5.78 Å². The first-order chi connectivity index (χ1) is 11.7. The molecule has 3 aromatic carbocycles. The lowest BCUT2D eigenvalue weighted by atomic mass is 10.0. The second-order valence-corrected chi connectivity index (χ2v) is 5.65. The number of para-hydroxylation sites is 1. The van der Waals surface area contributed by atoms with Crippen molar-refractivity contribution < 1.29 is 4.79 Å². The third kappa shape index (κ3) is 3.99. The number of ketones is 1. The fourth-order valence-corrected chi connectivity index (χ4v) is 2.50. The maximum absolute atomic E-state index is 12.6. The molecule has 0 saturated carbocycles. The van der Waals surface area contributed by atoms with Gasteiger partial charge in [0.1, 0.15) is 0 Å². The summed E-state index contributed by atoms with van der Waals surface area (Å²) >= 11 is 0. The number of rotatable bonds is 5. The van der Waals surface area contributed by atoms with Crippen LogP contribution in [0.25, 0.3) is 5.70 Å². The number of benzene rings is 3. The summed E-state index contributed by atoms with van der Waals surface area (Å²) in [5.74, 6) is -0.0180. The molecule has 0 radical (unpaired) electrons. The molecule has 0 fully saturated rings. The molecule has 1 N–H and O–H groups in total. The minimum Gasteiger partial charge on any atom is -0.355 e. The molecule has 0 aliphatic rings. The van der Waals surface area contributed by atoms with Crippen molar-refractivity contribution in [3.8, 4) is 0 Å². The van der Waals surface area contributed by atoms with Gasteiger partial charge in [0.2, 0.25) is 0 Å². The molecule has 0 aromatic heterocycles. The molecule has 3 aromatic rings. The van der Waals surface area contributed by atoms with Crippen LogP contribution in [-0.2, 0) is 0 Å². The summed E-state index contributed by atoms with van der Waals surface area (Å²) in [4.78, 5) is 12.6. The molecule has 0 bridgehead atoms. The van der Waals surface area contributed by atoms with Crippen LogP contribution in [0.1, 0.15) is 21.5 Å². The first-order valence-corrected chi connectivity index (χ1v) is 7.92. The van der Waals surface area contributed by atoms with Crippen LogP contribution in [-0.4, -0.2) is 5.78 Å². The zero-order valence-electron chi connectivity index (χ0n) is 13.6. The van der Waals surface area contributed by atoms with Crippen molar-refractivity contribution in [1.29, 1.82) is 0 Å². The van der Waals surface area contributed by atoms with Gasteiger partial charge in [0.25, 0.3) is 0 Å². The van der Waals surface area contributed by atoms with E-state index in [1.807, 2.05) is 85.8 Å². The van der Waals surface area contributed by atoms with Crippen LogP contribution < -0.4 is 5.32 Å². The lowest BCUT2D eigenvalue weighted by Crippen LogP contribution is -2.03. The molecule has 0 saturated heterocycles. The smallest absolute Gasteiger partial charge is 0.187 e. The highest BCUT2D eigenvalue weighted by molar-refractivity contribution is 6.09. The lowest BCUT2D eigenvalue weighted by molar-refractivity contribution is 0.104. The van der Waals surface area contributed by atoms with Gasteiger partial charge in [-0.1, -0.05) is 72.3 Å². The second-order valence-electron chi connectivity index (χ2n) is 5.65. The average Bonchev–Trinajstić information content (AvgIpc) is 2.63. The van der Waals surface area contributed by atoms with Crippen LogP contribution in [0.2, 0.25) is 0 Å². The fraction of sp³-hybridized carbons (Fsp3) is 0.0455. The van der Waals surface area contributed by atoms with Gasteiger partial charge >= 0.3 is 0 Å². The quantitative estimate of drug-likeness (QED) is 0.509. The largest absolute Gasteiger partial charge is 0.355 e. The van der Waals surface area contributed by atoms with Gasteiger partial charge in [-0.3, -0.25) is 4.79 Å². The Morgan fingerprint density at radius 3 is 2.08 bits per heavy atom. The topological polar surface area (TPSA) is 29.1 Å². The van der Waals surface area contributed by atoms with E-state index in [1.54, 1.807) is 6.08 Å². The zero-order valence-corrected chi connectivity index (χ0v) is 13.6. The van der Waals surface area contributed by atoms with Crippen LogP contribution in [0.5, 0.6) is 0 Å². The number of hydrogen-bond donors (Lipinski definition) is 1. The van der Waals surface area contributed by atoms with Crippen LogP contribution in [0.4, 0.5) is 5.69 Å². The van der Waals surface area contributed by atoms with Gasteiger partial charge < -0.3 is 5.32 Å². The van der Waals surface area contributed by atoms with Gasteiger partial charge in [-0.15, -0.1) is 0 Å². The van der Waals surface area contributed by atoms with Crippen molar-refractivity contribution in [3.63, 3.8) is 0 Å². The first-order valence-electron chi connectivity index (χ1n) is 7.92. The molecule has 118 valence electrons. The fourth-order valence-electron chi connectivity index (χ4n) is 2.50. The summed E-state index contributed by atoms with van der Waals surface area (Å²) in [6.07, 6.45) is 1.66. The predicted octanol–water partition coefficient (Wildman–Crippen LogP) is 5.33. The van der Waals surface area contributed by atoms with Crippen LogP contribution in [0.15, 0.2) is 91.0 Å². The van der Waals surface area contributed by atoms with Gasteiger partial charge in [0, 0.05) is 23.0 Å². The molecular formula is C22H19NO. The van der Waals surface area contributed by atoms with E-state index in [1.165, 1.54) is 0 Å². The van der Waals surface area contributed by atoms with E-state index >= 15 is 0 Å². The molecule has 0 heterocycles. The molecule has 0 atom stereocenters. The van der Waals surface area contributed by atoms with Crippen molar-refractivity contribution in [2.45, 2.75) is 6.92 Å². The Hall–Kier alpha value is -3.13. The van der Waals surface area contributed by atoms with Gasteiger partial charge in [-0.25, -0.2) is 0 Å². The molecule has 0 spiro atoms. The molecule has 24 heavy (non-hydrogen) atoms. The van der Waals surface area contributed by atoms with Crippen molar-refractivity contribution in [2.24, 2.45) is 0 Å². The number of carbonyl (C=O) groups is 1. The second kappa shape index (κ2) is 7.42. The normalized spacial score (nSPS) is 11.1. The molecule has 0 amide bonds. The standard InChI is InChI=1S/C22H19NO/c1-17-9-8-12-19(15-17)21(23-20-13-6-3-7-14-20)16-22(24)18-10-4-2-5-11-18/h2-16,23H,1H3/b21-16-. The van der Waals surface area contributed by atoms with Gasteiger partial charge in [-0.05, 0) is 30.7 Å². The molecule has 0 unspecified atom stereocenters. The van der Waals surface area contributed by atoms with Crippen molar-refractivity contribution in [3.05, 3.63) is 108 Å². The highest BCUT2D eigenvalue weighted by Crippen LogP contribution is 2.20. The maximum Gasteiger partial charge on any atom is 0.187 e. The van der Waals surface area contributed by atoms with Crippen molar-refractivity contribution in [2.75, 3.05) is 5.32 Å².